The standard InChI is InChI=1S/C25H25F2NO5/c1-25(2)18-7-5-6-8-19(18)28(3)22(25)14-17(29)15-32-23(30)12-10-16-9-11-20(33-24(26)27)21(13-16)31-4/h5-14,24H,15H2,1-4H3. The van der Waals surface area contributed by atoms with E-state index in [2.05, 4.69) is 4.74 Å². The smallest absolute Gasteiger partial charge is 0.387 e. The summed E-state index contributed by atoms with van der Waals surface area (Å²) in [6.45, 7) is 0.688. The first-order valence-corrected chi connectivity index (χ1v) is 10.2. The minimum atomic E-state index is -2.98. The molecule has 3 rings (SSSR count). The van der Waals surface area contributed by atoms with Gasteiger partial charge in [0.05, 0.1) is 7.11 Å². The van der Waals surface area contributed by atoms with E-state index in [1.54, 1.807) is 0 Å². The molecule has 0 saturated carbocycles. The highest BCUT2D eigenvalue weighted by molar-refractivity contribution is 5.96. The lowest BCUT2D eigenvalue weighted by Crippen LogP contribution is -2.25. The number of esters is 1. The predicted octanol–water partition coefficient (Wildman–Crippen LogP) is 4.73. The number of halogens is 2. The molecule has 0 aromatic heterocycles. The highest BCUT2D eigenvalue weighted by Gasteiger charge is 2.38. The first-order valence-electron chi connectivity index (χ1n) is 10.2. The molecule has 0 N–H and O–H groups in total. The number of hydrogen-bond donors (Lipinski definition) is 0. The lowest BCUT2D eigenvalue weighted by Gasteiger charge is -2.23. The zero-order valence-electron chi connectivity index (χ0n) is 18.8. The summed E-state index contributed by atoms with van der Waals surface area (Å²) in [6, 6.07) is 12.2. The molecule has 0 amide bonds. The van der Waals surface area contributed by atoms with Crippen LogP contribution in [0, 0.1) is 0 Å². The van der Waals surface area contributed by atoms with Crippen molar-refractivity contribution in [3.05, 3.63) is 71.4 Å². The molecule has 0 atom stereocenters. The number of likely N-dealkylation sites (N-methyl/N-ethyl adjacent to an activating group) is 1. The van der Waals surface area contributed by atoms with E-state index in [9.17, 15) is 18.4 Å². The van der Waals surface area contributed by atoms with Gasteiger partial charge in [0, 0.05) is 36.0 Å². The normalized spacial score (nSPS) is 15.7. The molecule has 0 unspecified atom stereocenters. The van der Waals surface area contributed by atoms with Crippen molar-refractivity contribution in [1.29, 1.82) is 0 Å². The maximum atomic E-state index is 12.5. The van der Waals surface area contributed by atoms with E-state index in [0.29, 0.717) is 5.56 Å². The summed E-state index contributed by atoms with van der Waals surface area (Å²) in [7, 11) is 3.21. The summed E-state index contributed by atoms with van der Waals surface area (Å²) in [6.07, 6.45) is 4.07. The molecule has 0 saturated heterocycles. The highest BCUT2D eigenvalue weighted by Crippen LogP contribution is 2.46. The number of allylic oxidation sites excluding steroid dienone is 1. The predicted molar refractivity (Wildman–Crippen MR) is 121 cm³/mol. The minimum Gasteiger partial charge on any atom is -0.493 e. The maximum Gasteiger partial charge on any atom is 0.387 e. The van der Waals surface area contributed by atoms with Crippen molar-refractivity contribution < 1.29 is 32.6 Å². The van der Waals surface area contributed by atoms with E-state index in [0.717, 1.165) is 23.0 Å². The number of alkyl halides is 2. The Morgan fingerprint density at radius 3 is 2.52 bits per heavy atom. The van der Waals surface area contributed by atoms with Crippen LogP contribution >= 0.6 is 0 Å². The Morgan fingerprint density at radius 1 is 1.12 bits per heavy atom. The zero-order valence-corrected chi connectivity index (χ0v) is 18.8. The highest BCUT2D eigenvalue weighted by atomic mass is 19.3. The van der Waals surface area contributed by atoms with Gasteiger partial charge in [-0.15, -0.1) is 0 Å². The van der Waals surface area contributed by atoms with Crippen LogP contribution in [0.15, 0.2) is 60.3 Å². The molecule has 2 aromatic rings. The molecule has 0 radical (unpaired) electrons. The van der Waals surface area contributed by atoms with Gasteiger partial charge in [-0.25, -0.2) is 4.79 Å². The molecule has 6 nitrogen and oxygen atoms in total. The molecule has 1 aliphatic heterocycles. The van der Waals surface area contributed by atoms with Crippen LogP contribution in [-0.4, -0.2) is 39.1 Å². The van der Waals surface area contributed by atoms with Gasteiger partial charge in [-0.05, 0) is 35.4 Å². The van der Waals surface area contributed by atoms with E-state index < -0.39 is 19.2 Å². The number of carbonyl (C=O) groups excluding carboxylic acids is 2. The SMILES string of the molecule is COc1cc(C=CC(=O)OCC(=O)C=C2N(C)c3ccccc3C2(C)C)ccc1OC(F)F. The number of anilines is 1. The third-order valence-electron chi connectivity index (χ3n) is 5.41. The van der Waals surface area contributed by atoms with E-state index in [1.165, 1.54) is 37.5 Å². The number of rotatable bonds is 8. The summed E-state index contributed by atoms with van der Waals surface area (Å²) >= 11 is 0. The van der Waals surface area contributed by atoms with Gasteiger partial charge in [0.1, 0.15) is 0 Å². The fraction of sp³-hybridized carbons (Fsp3) is 0.280. The van der Waals surface area contributed by atoms with Crippen molar-refractivity contribution in [3.63, 3.8) is 0 Å². The number of methoxy groups -OCH3 is 1. The average Bonchev–Trinajstić information content (AvgIpc) is 2.97. The Morgan fingerprint density at radius 2 is 1.85 bits per heavy atom. The van der Waals surface area contributed by atoms with Crippen molar-refractivity contribution >= 4 is 23.5 Å². The van der Waals surface area contributed by atoms with Crippen LogP contribution < -0.4 is 14.4 Å². The summed E-state index contributed by atoms with van der Waals surface area (Å²) < 4.78 is 39.3. The van der Waals surface area contributed by atoms with Crippen molar-refractivity contribution in [3.8, 4) is 11.5 Å². The fourth-order valence-electron chi connectivity index (χ4n) is 3.79. The third kappa shape index (κ3) is 5.39. The molecule has 0 bridgehead atoms. The molecule has 174 valence electrons. The minimum absolute atomic E-state index is 0.0944. The van der Waals surface area contributed by atoms with Gasteiger partial charge in [-0.3, -0.25) is 4.79 Å². The van der Waals surface area contributed by atoms with E-state index in [4.69, 9.17) is 9.47 Å². The number of benzene rings is 2. The van der Waals surface area contributed by atoms with Crippen LogP contribution in [0.2, 0.25) is 0 Å². The Balaban J connectivity index is 1.61. The molecule has 1 heterocycles. The largest absolute Gasteiger partial charge is 0.493 e. The van der Waals surface area contributed by atoms with Crippen LogP contribution in [0.1, 0.15) is 25.0 Å². The van der Waals surface area contributed by atoms with Gasteiger partial charge in [-0.2, -0.15) is 8.78 Å². The van der Waals surface area contributed by atoms with E-state index in [1.807, 2.05) is 50.1 Å². The average molecular weight is 457 g/mol. The second-order valence-electron chi connectivity index (χ2n) is 7.93. The van der Waals surface area contributed by atoms with Gasteiger partial charge in [0.2, 0.25) is 0 Å². The maximum absolute atomic E-state index is 12.5. The van der Waals surface area contributed by atoms with Crippen LogP contribution in [0.25, 0.3) is 6.08 Å². The molecule has 1 aliphatic rings. The number of hydrogen-bond acceptors (Lipinski definition) is 6. The molecule has 33 heavy (non-hydrogen) atoms. The van der Waals surface area contributed by atoms with Crippen LogP contribution in [0.4, 0.5) is 14.5 Å². The molecule has 0 fully saturated rings. The van der Waals surface area contributed by atoms with Crippen LogP contribution in [0.5, 0.6) is 11.5 Å². The third-order valence-corrected chi connectivity index (χ3v) is 5.41. The Kier molecular flexibility index (Phi) is 7.16. The van der Waals surface area contributed by atoms with Crippen molar-refractivity contribution in [2.24, 2.45) is 0 Å². The second-order valence-corrected chi connectivity index (χ2v) is 7.93. The van der Waals surface area contributed by atoms with Crippen molar-refractivity contribution in [2.75, 3.05) is 25.7 Å². The lowest BCUT2D eigenvalue weighted by molar-refractivity contribution is -0.141. The van der Waals surface area contributed by atoms with Gasteiger partial charge in [-0.1, -0.05) is 38.1 Å². The van der Waals surface area contributed by atoms with Gasteiger partial charge < -0.3 is 19.1 Å². The van der Waals surface area contributed by atoms with Crippen LogP contribution in [0.3, 0.4) is 0 Å². The Bertz CT molecular complexity index is 1110. The quantitative estimate of drug-likeness (QED) is 0.422. The first-order chi connectivity index (χ1) is 15.6. The van der Waals surface area contributed by atoms with Crippen molar-refractivity contribution in [2.45, 2.75) is 25.9 Å². The number of nitrogens with zero attached hydrogens (tertiary/aromatic N) is 1. The molecule has 0 spiro atoms. The summed E-state index contributed by atoms with van der Waals surface area (Å²) in [5.74, 6) is -1.07. The number of fused-ring (bicyclic) bond motifs is 1. The van der Waals surface area contributed by atoms with Crippen LogP contribution in [-0.2, 0) is 19.7 Å². The Hall–Kier alpha value is -3.68. The number of carbonyl (C=O) groups is 2. The first kappa shape index (κ1) is 24.0. The fourth-order valence-corrected chi connectivity index (χ4v) is 3.79. The van der Waals surface area contributed by atoms with Crippen molar-refractivity contribution in [1.82, 2.24) is 0 Å². The number of para-hydroxylation sites is 1. The summed E-state index contributed by atoms with van der Waals surface area (Å²) in [5.41, 5.74) is 3.11. The molecule has 0 aliphatic carbocycles. The van der Waals surface area contributed by atoms with Gasteiger partial charge in [0.25, 0.3) is 0 Å². The zero-order chi connectivity index (χ0) is 24.2. The molecule has 2 aromatic carbocycles. The molecule has 8 heteroatoms. The summed E-state index contributed by atoms with van der Waals surface area (Å²) in [5, 5.41) is 0. The summed E-state index contributed by atoms with van der Waals surface area (Å²) in [4.78, 5) is 26.5. The second kappa shape index (κ2) is 9.85. The van der Waals surface area contributed by atoms with E-state index >= 15 is 0 Å². The lowest BCUT2D eigenvalue weighted by atomic mass is 9.83. The monoisotopic (exact) mass is 457 g/mol. The number of ether oxygens (including phenoxy) is 3. The Labute approximate surface area is 191 Å². The molecular formula is C25H25F2NO5. The van der Waals surface area contributed by atoms with Gasteiger partial charge in [0.15, 0.2) is 23.9 Å². The number of ketones is 1. The topological polar surface area (TPSA) is 65.1 Å². The van der Waals surface area contributed by atoms with E-state index in [-0.39, 0.29) is 22.7 Å². The molecular weight excluding hydrogens is 432 g/mol. The van der Waals surface area contributed by atoms with Gasteiger partial charge >= 0.3 is 12.6 Å².